The smallest absolute Gasteiger partial charge is 0.276 e. The van der Waals surface area contributed by atoms with Gasteiger partial charge < -0.3 is 15.4 Å². The molecule has 0 saturated heterocycles. The molecule has 2 aromatic carbocycles. The summed E-state index contributed by atoms with van der Waals surface area (Å²) in [4.78, 5) is 24.6. The predicted molar refractivity (Wildman–Crippen MR) is 115 cm³/mol. The quantitative estimate of drug-likeness (QED) is 0.648. The number of benzene rings is 2. The molecule has 0 radical (unpaired) electrons. The van der Waals surface area contributed by atoms with Crippen LogP contribution in [-0.2, 0) is 17.6 Å². The van der Waals surface area contributed by atoms with Crippen molar-refractivity contribution in [2.24, 2.45) is 0 Å². The first-order chi connectivity index (χ1) is 15.0. The number of anilines is 2. The summed E-state index contributed by atoms with van der Waals surface area (Å²) in [5.41, 5.74) is 3.91. The van der Waals surface area contributed by atoms with Crippen LogP contribution in [0.3, 0.4) is 0 Å². The number of ether oxygens (including phenoxy) is 1. The number of carbonyl (C=O) groups is 2. The number of nitrogens with one attached hydrogen (secondary N) is 2. The van der Waals surface area contributed by atoms with E-state index >= 15 is 0 Å². The minimum Gasteiger partial charge on any atom is -0.495 e. The summed E-state index contributed by atoms with van der Waals surface area (Å²) in [6, 6.07) is 11.1. The molecular formula is C23H23FN4O3. The molecule has 3 aromatic rings. The highest BCUT2D eigenvalue weighted by molar-refractivity contribution is 6.05. The fraction of sp³-hybridized carbons (Fsp3) is 0.261. The van der Waals surface area contributed by atoms with Crippen molar-refractivity contribution < 1.29 is 18.7 Å². The standard InChI is InChI=1S/C23H23FN4O3/c1-14(29)25-16-9-12-21(31-2)19(13-16)26-23(30)22-18-5-3-4-6-20(18)28(27-22)17-10-7-15(24)8-11-17/h7-13H,3-6H2,1-2H3,(H,25,29)(H,26,30). The lowest BCUT2D eigenvalue weighted by atomic mass is 9.95. The van der Waals surface area contributed by atoms with E-state index in [1.54, 1.807) is 35.0 Å². The molecule has 4 rings (SSSR count). The topological polar surface area (TPSA) is 85.2 Å². The van der Waals surface area contributed by atoms with Crippen molar-refractivity contribution in [1.82, 2.24) is 9.78 Å². The van der Waals surface area contributed by atoms with Crippen LogP contribution in [0.4, 0.5) is 15.8 Å². The number of amides is 2. The number of fused-ring (bicyclic) bond motifs is 1. The second-order valence-electron chi connectivity index (χ2n) is 7.42. The van der Waals surface area contributed by atoms with Gasteiger partial charge in [0.25, 0.3) is 5.91 Å². The lowest BCUT2D eigenvalue weighted by Crippen LogP contribution is -2.16. The molecule has 0 aliphatic heterocycles. The van der Waals surface area contributed by atoms with Crippen LogP contribution >= 0.6 is 0 Å². The van der Waals surface area contributed by atoms with E-state index in [0.717, 1.165) is 36.9 Å². The van der Waals surface area contributed by atoms with Crippen molar-refractivity contribution in [2.45, 2.75) is 32.6 Å². The Morgan fingerprint density at radius 2 is 1.81 bits per heavy atom. The van der Waals surface area contributed by atoms with E-state index in [1.165, 1.54) is 26.2 Å². The van der Waals surface area contributed by atoms with Crippen molar-refractivity contribution >= 4 is 23.2 Å². The van der Waals surface area contributed by atoms with Crippen LogP contribution in [0.15, 0.2) is 42.5 Å². The molecule has 31 heavy (non-hydrogen) atoms. The minimum atomic E-state index is -0.364. The summed E-state index contributed by atoms with van der Waals surface area (Å²) in [5, 5.41) is 10.1. The number of rotatable bonds is 5. The zero-order chi connectivity index (χ0) is 22.0. The highest BCUT2D eigenvalue weighted by atomic mass is 19.1. The molecule has 0 atom stereocenters. The monoisotopic (exact) mass is 422 g/mol. The second-order valence-corrected chi connectivity index (χ2v) is 7.42. The van der Waals surface area contributed by atoms with Crippen LogP contribution in [0, 0.1) is 5.82 Å². The molecule has 0 bridgehead atoms. The summed E-state index contributed by atoms with van der Waals surface area (Å²) in [5.74, 6) is -0.435. The number of methoxy groups -OCH3 is 1. The van der Waals surface area contributed by atoms with E-state index < -0.39 is 0 Å². The Kier molecular flexibility index (Phi) is 5.70. The first kappa shape index (κ1) is 20.6. The maximum atomic E-state index is 13.4. The highest BCUT2D eigenvalue weighted by Crippen LogP contribution is 2.31. The zero-order valence-corrected chi connectivity index (χ0v) is 17.4. The third kappa shape index (κ3) is 4.28. The van der Waals surface area contributed by atoms with Crippen molar-refractivity contribution in [3.05, 3.63) is 65.2 Å². The molecular weight excluding hydrogens is 399 g/mol. The molecule has 0 unspecified atom stereocenters. The van der Waals surface area contributed by atoms with E-state index in [9.17, 15) is 14.0 Å². The molecule has 1 aromatic heterocycles. The number of nitrogens with zero attached hydrogens (tertiary/aromatic N) is 2. The first-order valence-corrected chi connectivity index (χ1v) is 10.1. The summed E-state index contributed by atoms with van der Waals surface area (Å²) < 4.78 is 20.5. The molecule has 1 heterocycles. The van der Waals surface area contributed by atoms with Crippen molar-refractivity contribution in [2.75, 3.05) is 17.7 Å². The average molecular weight is 422 g/mol. The van der Waals surface area contributed by atoms with Gasteiger partial charge in [-0.1, -0.05) is 0 Å². The predicted octanol–water partition coefficient (Wildman–Crippen LogP) is 4.11. The number of aromatic nitrogens is 2. The Morgan fingerprint density at radius 1 is 1.06 bits per heavy atom. The Labute approximate surface area is 179 Å². The van der Waals surface area contributed by atoms with Gasteiger partial charge in [0.15, 0.2) is 5.69 Å². The summed E-state index contributed by atoms with van der Waals surface area (Å²) in [6.07, 6.45) is 3.54. The van der Waals surface area contributed by atoms with Gasteiger partial charge in [-0.25, -0.2) is 9.07 Å². The van der Waals surface area contributed by atoms with Gasteiger partial charge in [0.1, 0.15) is 11.6 Å². The largest absolute Gasteiger partial charge is 0.495 e. The third-order valence-electron chi connectivity index (χ3n) is 5.23. The van der Waals surface area contributed by atoms with Gasteiger partial charge in [0, 0.05) is 23.9 Å². The molecule has 1 aliphatic rings. The normalized spacial score (nSPS) is 12.7. The summed E-state index contributed by atoms with van der Waals surface area (Å²) in [6.45, 7) is 1.41. The maximum absolute atomic E-state index is 13.4. The lowest BCUT2D eigenvalue weighted by molar-refractivity contribution is -0.114. The van der Waals surface area contributed by atoms with Gasteiger partial charge in [0.05, 0.1) is 18.5 Å². The Hall–Kier alpha value is -3.68. The molecule has 2 N–H and O–H groups in total. The number of carbonyl (C=O) groups excluding carboxylic acids is 2. The fourth-order valence-electron chi connectivity index (χ4n) is 3.85. The minimum absolute atomic E-state index is 0.213. The van der Waals surface area contributed by atoms with Crippen molar-refractivity contribution in [3.8, 4) is 11.4 Å². The zero-order valence-electron chi connectivity index (χ0n) is 17.4. The Bertz CT molecular complexity index is 1140. The van der Waals surface area contributed by atoms with Gasteiger partial charge in [-0.3, -0.25) is 9.59 Å². The average Bonchev–Trinajstić information content (AvgIpc) is 3.14. The number of halogens is 1. The molecule has 1 aliphatic carbocycles. The Balaban J connectivity index is 1.69. The third-order valence-corrected chi connectivity index (χ3v) is 5.23. The van der Waals surface area contributed by atoms with Crippen LogP contribution in [-0.4, -0.2) is 28.7 Å². The first-order valence-electron chi connectivity index (χ1n) is 10.1. The van der Waals surface area contributed by atoms with E-state index in [4.69, 9.17) is 4.74 Å². The van der Waals surface area contributed by atoms with Crippen LogP contribution in [0.2, 0.25) is 0 Å². The maximum Gasteiger partial charge on any atom is 0.276 e. The van der Waals surface area contributed by atoms with Gasteiger partial charge in [-0.15, -0.1) is 0 Å². The summed E-state index contributed by atoms with van der Waals surface area (Å²) >= 11 is 0. The molecule has 0 fully saturated rings. The molecule has 0 spiro atoms. The molecule has 8 heteroatoms. The molecule has 7 nitrogen and oxygen atoms in total. The molecule has 0 saturated carbocycles. The van der Waals surface area contributed by atoms with E-state index in [0.29, 0.717) is 28.5 Å². The molecule has 2 amide bonds. The van der Waals surface area contributed by atoms with Crippen LogP contribution in [0.25, 0.3) is 5.69 Å². The van der Waals surface area contributed by atoms with Crippen LogP contribution < -0.4 is 15.4 Å². The summed E-state index contributed by atoms with van der Waals surface area (Å²) in [7, 11) is 1.51. The van der Waals surface area contributed by atoms with Crippen molar-refractivity contribution in [1.29, 1.82) is 0 Å². The Morgan fingerprint density at radius 3 is 2.52 bits per heavy atom. The van der Waals surface area contributed by atoms with Gasteiger partial charge in [-0.2, -0.15) is 5.10 Å². The van der Waals surface area contributed by atoms with E-state index in [-0.39, 0.29) is 17.6 Å². The SMILES string of the molecule is COc1ccc(NC(C)=O)cc1NC(=O)c1nn(-c2ccc(F)cc2)c2c1CCCC2. The van der Waals surface area contributed by atoms with Crippen LogP contribution in [0.5, 0.6) is 5.75 Å². The number of hydrogen-bond acceptors (Lipinski definition) is 4. The number of hydrogen-bond donors (Lipinski definition) is 2. The van der Waals surface area contributed by atoms with Gasteiger partial charge in [-0.05, 0) is 68.1 Å². The second kappa shape index (κ2) is 8.59. The molecule has 160 valence electrons. The fourth-order valence-corrected chi connectivity index (χ4v) is 3.85. The van der Waals surface area contributed by atoms with E-state index in [2.05, 4.69) is 15.7 Å². The van der Waals surface area contributed by atoms with Crippen molar-refractivity contribution in [3.63, 3.8) is 0 Å². The van der Waals surface area contributed by atoms with Gasteiger partial charge >= 0.3 is 0 Å². The van der Waals surface area contributed by atoms with E-state index in [1.807, 2.05) is 0 Å². The van der Waals surface area contributed by atoms with Crippen LogP contribution in [0.1, 0.15) is 41.5 Å². The lowest BCUT2D eigenvalue weighted by Gasteiger charge is -2.15. The highest BCUT2D eigenvalue weighted by Gasteiger charge is 2.26. The van der Waals surface area contributed by atoms with Gasteiger partial charge in [0.2, 0.25) is 5.91 Å².